The number of hydrogen-bond donors (Lipinski definition) is 1. The lowest BCUT2D eigenvalue weighted by Crippen LogP contribution is -2.58. The first-order chi connectivity index (χ1) is 12.9. The molecule has 9 heteroatoms. The van der Waals surface area contributed by atoms with E-state index in [1.165, 1.54) is 19.2 Å². The van der Waals surface area contributed by atoms with Gasteiger partial charge >= 0.3 is 6.09 Å². The quantitative estimate of drug-likeness (QED) is 0.455. The van der Waals surface area contributed by atoms with Crippen molar-refractivity contribution >= 4 is 28.1 Å². The van der Waals surface area contributed by atoms with Crippen LogP contribution in [0.1, 0.15) is 56.0 Å². The zero-order chi connectivity index (χ0) is 21.2. The number of carbonyl (C=O) groups excluding carboxylic acids is 2. The van der Waals surface area contributed by atoms with Crippen molar-refractivity contribution in [2.45, 2.75) is 56.1 Å². The first-order valence-corrected chi connectivity index (χ1v) is 10.5. The molecule has 1 aromatic rings. The lowest BCUT2D eigenvalue weighted by Gasteiger charge is -2.41. The number of hydrogen-bond acceptors (Lipinski definition) is 6. The molecule has 0 saturated heterocycles. The van der Waals surface area contributed by atoms with E-state index >= 15 is 0 Å². The monoisotopic (exact) mass is 412 g/mol. The van der Waals surface area contributed by atoms with Crippen LogP contribution in [0.15, 0.2) is 23.2 Å². The molecular weight excluding hydrogens is 387 g/mol. The molecule has 28 heavy (non-hydrogen) atoms. The van der Waals surface area contributed by atoms with Crippen molar-refractivity contribution in [3.05, 3.63) is 35.1 Å². The Morgan fingerprint density at radius 3 is 2.46 bits per heavy atom. The molecule has 0 spiro atoms. The fourth-order valence-corrected chi connectivity index (χ4v) is 5.34. The molecule has 1 aliphatic rings. The number of carbonyl (C=O) groups is 2. The predicted molar refractivity (Wildman–Crippen MR) is 104 cm³/mol. The highest BCUT2D eigenvalue weighted by Crippen LogP contribution is 2.42. The van der Waals surface area contributed by atoms with Crippen molar-refractivity contribution in [2.75, 3.05) is 7.05 Å². The van der Waals surface area contributed by atoms with Gasteiger partial charge in [-0.3, -0.25) is 15.1 Å². The third-order valence-corrected chi connectivity index (χ3v) is 7.07. The molecular formula is C19H25FN2O5S. The second kappa shape index (κ2) is 7.98. The van der Waals surface area contributed by atoms with Gasteiger partial charge in [0.25, 0.3) is 0 Å². The maximum absolute atomic E-state index is 14.1. The third-order valence-electron chi connectivity index (χ3n) is 4.58. The number of aldehydes is 1. The standard InChI is InChI=1S/C19H25FN2O5S/c1-18(2,3)27-17(24)22-16(21-4)19(8-5-9-19)28(25,26)12-14-10-13(11-23)6-7-15(14)20/h6-7,10-11H,5,8-9,12H2,1-4H3,(H,21,22,24). The SMILES string of the molecule is CN=C(NC(=O)OC(C)(C)C)C1(S(=O)(=O)Cc2cc(C=O)ccc2F)CCC1. The number of sulfone groups is 1. The van der Waals surface area contributed by atoms with Crippen molar-refractivity contribution < 1.29 is 27.1 Å². The topological polar surface area (TPSA) is 102 Å². The lowest BCUT2D eigenvalue weighted by molar-refractivity contribution is 0.0559. The van der Waals surface area contributed by atoms with Crippen molar-refractivity contribution in [3.63, 3.8) is 0 Å². The average molecular weight is 412 g/mol. The number of benzene rings is 1. The molecule has 0 unspecified atom stereocenters. The zero-order valence-corrected chi connectivity index (χ0v) is 17.2. The van der Waals surface area contributed by atoms with Crippen LogP contribution >= 0.6 is 0 Å². The Morgan fingerprint density at radius 1 is 1.36 bits per heavy atom. The number of rotatable bonds is 5. The number of nitrogens with one attached hydrogen (secondary N) is 1. The molecule has 1 saturated carbocycles. The molecule has 7 nitrogen and oxygen atoms in total. The lowest BCUT2D eigenvalue weighted by atomic mass is 9.83. The van der Waals surface area contributed by atoms with Crippen LogP contribution in [0.5, 0.6) is 0 Å². The van der Waals surface area contributed by atoms with Crippen LogP contribution in [0.4, 0.5) is 9.18 Å². The number of alkyl carbamates (subject to hydrolysis) is 1. The molecule has 1 aromatic carbocycles. The number of nitrogens with zero attached hydrogens (tertiary/aromatic N) is 1. The number of amides is 1. The molecule has 0 aliphatic heterocycles. The van der Waals surface area contributed by atoms with Crippen molar-refractivity contribution in [1.29, 1.82) is 0 Å². The van der Waals surface area contributed by atoms with Crippen LogP contribution in [-0.4, -0.2) is 44.0 Å². The van der Waals surface area contributed by atoms with Gasteiger partial charge in [0.1, 0.15) is 28.3 Å². The molecule has 1 fully saturated rings. The van der Waals surface area contributed by atoms with Crippen LogP contribution in [0.2, 0.25) is 0 Å². The van der Waals surface area contributed by atoms with Crippen LogP contribution in [0.25, 0.3) is 0 Å². The molecule has 1 N–H and O–H groups in total. The molecule has 154 valence electrons. The Morgan fingerprint density at radius 2 is 2.00 bits per heavy atom. The Hall–Kier alpha value is -2.29. The average Bonchev–Trinajstić information content (AvgIpc) is 2.52. The summed E-state index contributed by atoms with van der Waals surface area (Å²) in [5.74, 6) is -1.33. The van der Waals surface area contributed by atoms with Gasteiger partial charge in [-0.05, 0) is 58.2 Å². The smallest absolute Gasteiger partial charge is 0.413 e. The van der Waals surface area contributed by atoms with Gasteiger partial charge < -0.3 is 4.74 Å². The highest BCUT2D eigenvalue weighted by atomic mass is 32.2. The molecule has 0 atom stereocenters. The predicted octanol–water partition coefficient (Wildman–Crippen LogP) is 3.03. The molecule has 0 bridgehead atoms. The van der Waals surface area contributed by atoms with Gasteiger partial charge in [0.05, 0.1) is 5.75 Å². The van der Waals surface area contributed by atoms with Gasteiger partial charge in [-0.1, -0.05) is 0 Å². The maximum Gasteiger partial charge on any atom is 0.413 e. The number of halogens is 1. The van der Waals surface area contributed by atoms with Crippen LogP contribution in [0.3, 0.4) is 0 Å². The zero-order valence-electron chi connectivity index (χ0n) is 16.4. The minimum atomic E-state index is -3.94. The first kappa shape index (κ1) is 22.0. The largest absolute Gasteiger partial charge is 0.444 e. The Bertz CT molecular complexity index is 899. The van der Waals surface area contributed by atoms with E-state index in [4.69, 9.17) is 4.74 Å². The van der Waals surface area contributed by atoms with Crippen LogP contribution < -0.4 is 5.32 Å². The summed E-state index contributed by atoms with van der Waals surface area (Å²) >= 11 is 0. The highest BCUT2D eigenvalue weighted by molar-refractivity contribution is 7.92. The maximum atomic E-state index is 14.1. The second-order valence-corrected chi connectivity index (χ2v) is 10.1. The van der Waals surface area contributed by atoms with Crippen LogP contribution in [-0.2, 0) is 20.3 Å². The molecule has 1 aliphatic carbocycles. The third kappa shape index (κ3) is 4.57. The summed E-state index contributed by atoms with van der Waals surface area (Å²) in [5.41, 5.74) is -0.665. The van der Waals surface area contributed by atoms with E-state index < -0.39 is 37.8 Å². The van der Waals surface area contributed by atoms with E-state index in [-0.39, 0.29) is 29.8 Å². The normalized spacial score (nSPS) is 16.8. The van der Waals surface area contributed by atoms with Gasteiger partial charge in [0.15, 0.2) is 9.84 Å². The van der Waals surface area contributed by atoms with E-state index in [2.05, 4.69) is 10.3 Å². The first-order valence-electron chi connectivity index (χ1n) is 8.87. The summed E-state index contributed by atoms with van der Waals surface area (Å²) in [6.45, 7) is 5.07. The van der Waals surface area contributed by atoms with E-state index in [0.29, 0.717) is 12.7 Å². The highest BCUT2D eigenvalue weighted by Gasteiger charge is 2.53. The van der Waals surface area contributed by atoms with Crippen molar-refractivity contribution in [2.24, 2.45) is 4.99 Å². The minimum Gasteiger partial charge on any atom is -0.444 e. The Labute approximate surface area is 164 Å². The summed E-state index contributed by atoms with van der Waals surface area (Å²) in [6.07, 6.45) is 0.867. The molecule has 0 aromatic heterocycles. The Kier molecular flexibility index (Phi) is 6.27. The summed E-state index contributed by atoms with van der Waals surface area (Å²) < 4.78 is 44.3. The minimum absolute atomic E-state index is 0.0139. The van der Waals surface area contributed by atoms with Gasteiger partial charge in [-0.25, -0.2) is 17.6 Å². The van der Waals surface area contributed by atoms with Crippen LogP contribution in [0, 0.1) is 5.82 Å². The number of aliphatic imine (C=N–C) groups is 1. The fourth-order valence-electron chi connectivity index (χ4n) is 3.09. The summed E-state index contributed by atoms with van der Waals surface area (Å²) in [7, 11) is -2.56. The van der Waals surface area contributed by atoms with Crippen molar-refractivity contribution in [3.8, 4) is 0 Å². The summed E-state index contributed by atoms with van der Waals surface area (Å²) in [6, 6.07) is 3.56. The number of amidine groups is 1. The molecule has 2 rings (SSSR count). The molecule has 0 radical (unpaired) electrons. The van der Waals surface area contributed by atoms with Gasteiger partial charge in [-0.2, -0.15) is 0 Å². The Balaban J connectivity index is 2.33. The van der Waals surface area contributed by atoms with Crippen molar-refractivity contribution in [1.82, 2.24) is 5.32 Å². The van der Waals surface area contributed by atoms with E-state index in [1.54, 1.807) is 20.8 Å². The number of ether oxygens (including phenoxy) is 1. The summed E-state index contributed by atoms with van der Waals surface area (Å²) in [4.78, 5) is 27.1. The fraction of sp³-hybridized carbons (Fsp3) is 0.526. The van der Waals surface area contributed by atoms with Gasteiger partial charge in [0, 0.05) is 18.2 Å². The van der Waals surface area contributed by atoms with E-state index in [1.807, 2.05) is 0 Å². The second-order valence-electron chi connectivity index (χ2n) is 7.77. The van der Waals surface area contributed by atoms with E-state index in [0.717, 1.165) is 6.07 Å². The molecule has 0 heterocycles. The van der Waals surface area contributed by atoms with Gasteiger partial charge in [-0.15, -0.1) is 0 Å². The van der Waals surface area contributed by atoms with E-state index in [9.17, 15) is 22.4 Å². The summed E-state index contributed by atoms with van der Waals surface area (Å²) in [5, 5.41) is 2.45. The molecule has 1 amide bonds. The van der Waals surface area contributed by atoms with Gasteiger partial charge in [0.2, 0.25) is 0 Å².